The molecule has 0 spiro atoms. The van der Waals surface area contributed by atoms with E-state index >= 15 is 0 Å². The number of amides is 2. The lowest BCUT2D eigenvalue weighted by Crippen LogP contribution is -2.56. The van der Waals surface area contributed by atoms with Gasteiger partial charge in [0.15, 0.2) is 11.6 Å². The molecule has 1 atom stereocenters. The van der Waals surface area contributed by atoms with Gasteiger partial charge in [0.25, 0.3) is 17.4 Å². The average molecular weight is 311 g/mol. The lowest BCUT2D eigenvalue weighted by atomic mass is 10.0. The SMILES string of the molecule is Cc1cc(C)cc(NC(=O)[C@]2(C)Oc3cccnc3NC2=O)c1. The van der Waals surface area contributed by atoms with E-state index in [4.69, 9.17) is 4.74 Å². The van der Waals surface area contributed by atoms with Crippen molar-refractivity contribution in [2.24, 2.45) is 0 Å². The molecule has 6 nitrogen and oxygen atoms in total. The highest BCUT2D eigenvalue weighted by Crippen LogP contribution is 2.32. The topological polar surface area (TPSA) is 80.3 Å². The van der Waals surface area contributed by atoms with Gasteiger partial charge in [0.05, 0.1) is 0 Å². The van der Waals surface area contributed by atoms with Crippen molar-refractivity contribution >= 4 is 23.3 Å². The Morgan fingerprint density at radius 1 is 1.26 bits per heavy atom. The number of carbonyl (C=O) groups excluding carboxylic acids is 2. The number of rotatable bonds is 2. The van der Waals surface area contributed by atoms with Crippen LogP contribution in [0.25, 0.3) is 0 Å². The van der Waals surface area contributed by atoms with E-state index in [1.807, 2.05) is 32.0 Å². The number of aromatic nitrogens is 1. The molecule has 118 valence electrons. The predicted molar refractivity (Wildman–Crippen MR) is 86.4 cm³/mol. The third-order valence-corrected chi connectivity index (χ3v) is 3.66. The van der Waals surface area contributed by atoms with Crippen molar-refractivity contribution in [2.75, 3.05) is 10.6 Å². The van der Waals surface area contributed by atoms with Gasteiger partial charge in [0, 0.05) is 11.9 Å². The van der Waals surface area contributed by atoms with Crippen LogP contribution in [0.5, 0.6) is 5.75 Å². The second-order valence-electron chi connectivity index (χ2n) is 5.77. The van der Waals surface area contributed by atoms with Crippen molar-refractivity contribution in [1.29, 1.82) is 0 Å². The third-order valence-electron chi connectivity index (χ3n) is 3.66. The zero-order valence-electron chi connectivity index (χ0n) is 13.1. The zero-order chi connectivity index (χ0) is 16.6. The Morgan fingerprint density at radius 2 is 1.96 bits per heavy atom. The molecule has 0 bridgehead atoms. The zero-order valence-corrected chi connectivity index (χ0v) is 13.1. The number of ether oxygens (including phenoxy) is 1. The van der Waals surface area contributed by atoms with Crippen molar-refractivity contribution in [3.8, 4) is 5.75 Å². The van der Waals surface area contributed by atoms with Crippen molar-refractivity contribution in [3.63, 3.8) is 0 Å². The number of nitrogens with one attached hydrogen (secondary N) is 2. The summed E-state index contributed by atoms with van der Waals surface area (Å²) in [4.78, 5) is 28.9. The normalized spacial score (nSPS) is 19.3. The van der Waals surface area contributed by atoms with Gasteiger partial charge in [-0.3, -0.25) is 9.59 Å². The van der Waals surface area contributed by atoms with Crippen LogP contribution in [0.3, 0.4) is 0 Å². The van der Waals surface area contributed by atoms with E-state index in [9.17, 15) is 9.59 Å². The van der Waals surface area contributed by atoms with Crippen LogP contribution in [0, 0.1) is 13.8 Å². The van der Waals surface area contributed by atoms with Crippen LogP contribution in [0.1, 0.15) is 18.1 Å². The van der Waals surface area contributed by atoms with E-state index in [-0.39, 0.29) is 0 Å². The smallest absolute Gasteiger partial charge is 0.279 e. The maximum atomic E-state index is 12.6. The molecule has 2 aromatic rings. The van der Waals surface area contributed by atoms with E-state index in [0.717, 1.165) is 11.1 Å². The van der Waals surface area contributed by atoms with Gasteiger partial charge in [-0.15, -0.1) is 0 Å². The molecule has 0 unspecified atom stereocenters. The molecule has 1 aromatic carbocycles. The molecule has 2 amide bonds. The number of anilines is 2. The van der Waals surface area contributed by atoms with Crippen molar-refractivity contribution in [2.45, 2.75) is 26.4 Å². The van der Waals surface area contributed by atoms with Crippen molar-refractivity contribution < 1.29 is 14.3 Å². The monoisotopic (exact) mass is 311 g/mol. The van der Waals surface area contributed by atoms with E-state index in [2.05, 4.69) is 15.6 Å². The summed E-state index contributed by atoms with van der Waals surface area (Å²) in [5.41, 5.74) is 1.01. The highest BCUT2D eigenvalue weighted by Gasteiger charge is 2.47. The minimum absolute atomic E-state index is 0.314. The summed E-state index contributed by atoms with van der Waals surface area (Å²) in [5.74, 6) is -0.403. The van der Waals surface area contributed by atoms with Gasteiger partial charge in [-0.05, 0) is 56.2 Å². The fraction of sp³-hybridized carbons (Fsp3) is 0.235. The maximum Gasteiger partial charge on any atom is 0.279 e. The predicted octanol–water partition coefficient (Wildman–Crippen LogP) is 2.43. The van der Waals surface area contributed by atoms with Gasteiger partial charge in [-0.25, -0.2) is 4.98 Å². The Hall–Kier alpha value is -2.89. The standard InChI is InChI=1S/C17H17N3O3/c1-10-7-11(2)9-12(8-10)19-15(21)17(3)16(22)20-14-13(23-17)5-4-6-18-14/h4-9H,1-3H3,(H,19,21)(H,18,20,22)/t17-/m0/s1. The van der Waals surface area contributed by atoms with E-state index in [0.29, 0.717) is 17.3 Å². The van der Waals surface area contributed by atoms with Gasteiger partial charge in [-0.2, -0.15) is 0 Å². The summed E-state index contributed by atoms with van der Waals surface area (Å²) >= 11 is 0. The van der Waals surface area contributed by atoms with E-state index in [1.165, 1.54) is 6.92 Å². The molecular formula is C17H17N3O3. The maximum absolute atomic E-state index is 12.6. The first-order valence-corrected chi connectivity index (χ1v) is 7.24. The third kappa shape index (κ3) is 2.75. The Labute approximate surface area is 133 Å². The molecule has 0 saturated heterocycles. The van der Waals surface area contributed by atoms with Crippen LogP contribution in [-0.2, 0) is 9.59 Å². The Bertz CT molecular complexity index is 783. The molecule has 6 heteroatoms. The molecule has 1 aromatic heterocycles. The minimum Gasteiger partial charge on any atom is -0.464 e. The molecule has 2 N–H and O–H groups in total. The molecule has 0 aliphatic carbocycles. The van der Waals surface area contributed by atoms with Gasteiger partial charge in [0.1, 0.15) is 0 Å². The summed E-state index contributed by atoms with van der Waals surface area (Å²) in [6, 6.07) is 9.01. The summed E-state index contributed by atoms with van der Waals surface area (Å²) in [5, 5.41) is 5.35. The second kappa shape index (κ2) is 5.39. The highest BCUT2D eigenvalue weighted by molar-refractivity contribution is 6.18. The molecular weight excluding hydrogens is 294 g/mol. The molecule has 0 fully saturated rings. The molecule has 3 rings (SSSR count). The van der Waals surface area contributed by atoms with E-state index < -0.39 is 17.4 Å². The van der Waals surface area contributed by atoms with Crippen LogP contribution < -0.4 is 15.4 Å². The van der Waals surface area contributed by atoms with Gasteiger partial charge >= 0.3 is 0 Å². The fourth-order valence-corrected chi connectivity index (χ4v) is 2.51. The Kier molecular flexibility index (Phi) is 3.52. The first-order chi connectivity index (χ1) is 10.9. The molecule has 1 aliphatic rings. The van der Waals surface area contributed by atoms with Gasteiger partial charge in [0.2, 0.25) is 0 Å². The van der Waals surface area contributed by atoms with Gasteiger partial charge < -0.3 is 15.4 Å². The lowest BCUT2D eigenvalue weighted by molar-refractivity contribution is -0.143. The number of carbonyl (C=O) groups is 2. The number of hydrogen-bond acceptors (Lipinski definition) is 4. The van der Waals surface area contributed by atoms with Crippen LogP contribution in [-0.4, -0.2) is 22.4 Å². The average Bonchev–Trinajstić information content (AvgIpc) is 2.47. The second-order valence-corrected chi connectivity index (χ2v) is 5.77. The summed E-state index contributed by atoms with van der Waals surface area (Å²) in [6.07, 6.45) is 1.54. The van der Waals surface area contributed by atoms with Crippen LogP contribution in [0.15, 0.2) is 36.5 Å². The minimum atomic E-state index is -1.66. The van der Waals surface area contributed by atoms with Gasteiger partial charge in [-0.1, -0.05) is 6.07 Å². The van der Waals surface area contributed by atoms with Crippen molar-refractivity contribution in [1.82, 2.24) is 4.98 Å². The number of hydrogen-bond donors (Lipinski definition) is 2. The fourth-order valence-electron chi connectivity index (χ4n) is 2.51. The van der Waals surface area contributed by atoms with Crippen LogP contribution >= 0.6 is 0 Å². The number of nitrogens with zero attached hydrogens (tertiary/aromatic N) is 1. The Morgan fingerprint density at radius 3 is 2.65 bits per heavy atom. The molecule has 0 saturated carbocycles. The molecule has 23 heavy (non-hydrogen) atoms. The lowest BCUT2D eigenvalue weighted by Gasteiger charge is -2.32. The molecule has 0 radical (unpaired) electrons. The summed E-state index contributed by atoms with van der Waals surface area (Å²) < 4.78 is 5.64. The van der Waals surface area contributed by atoms with Crippen LogP contribution in [0.4, 0.5) is 11.5 Å². The summed E-state index contributed by atoms with van der Waals surface area (Å²) in [7, 11) is 0. The summed E-state index contributed by atoms with van der Waals surface area (Å²) in [6.45, 7) is 5.32. The quantitative estimate of drug-likeness (QED) is 0.835. The number of benzene rings is 1. The number of pyridine rings is 1. The molecule has 1 aliphatic heterocycles. The largest absolute Gasteiger partial charge is 0.464 e. The van der Waals surface area contributed by atoms with E-state index in [1.54, 1.807) is 18.3 Å². The highest BCUT2D eigenvalue weighted by atomic mass is 16.5. The number of aryl methyl sites for hydroxylation is 2. The Balaban J connectivity index is 1.88. The van der Waals surface area contributed by atoms with Crippen molar-refractivity contribution in [3.05, 3.63) is 47.7 Å². The first kappa shape index (κ1) is 15.0. The first-order valence-electron chi connectivity index (χ1n) is 7.24. The molecule has 2 heterocycles. The number of fused-ring (bicyclic) bond motifs is 1. The van der Waals surface area contributed by atoms with Crippen LogP contribution in [0.2, 0.25) is 0 Å².